The number of hydrogen-bond donors (Lipinski definition) is 1. The minimum Gasteiger partial charge on any atom is -0.323 e. The number of nitrogens with one attached hydrogen (secondary N) is 1. The van der Waals surface area contributed by atoms with Gasteiger partial charge in [0, 0.05) is 24.4 Å². The van der Waals surface area contributed by atoms with E-state index in [4.69, 9.17) is 0 Å². The van der Waals surface area contributed by atoms with Crippen LogP contribution in [-0.2, 0) is 12.1 Å². The lowest BCUT2D eigenvalue weighted by Gasteiger charge is -2.43. The van der Waals surface area contributed by atoms with E-state index in [-0.39, 0.29) is 23.7 Å². The van der Waals surface area contributed by atoms with Gasteiger partial charge in [0.15, 0.2) is 0 Å². The zero-order valence-corrected chi connectivity index (χ0v) is 19.4. The van der Waals surface area contributed by atoms with E-state index in [9.17, 15) is 13.6 Å². The van der Waals surface area contributed by atoms with Gasteiger partial charge >= 0.3 is 6.03 Å². The van der Waals surface area contributed by atoms with E-state index in [1.54, 1.807) is 24.3 Å². The van der Waals surface area contributed by atoms with Crippen molar-refractivity contribution in [2.24, 2.45) is 0 Å². The summed E-state index contributed by atoms with van der Waals surface area (Å²) in [5, 5.41) is 3.11. The van der Waals surface area contributed by atoms with E-state index < -0.39 is 5.54 Å². The largest absolute Gasteiger partial charge is 0.323 e. The number of halogens is 2. The minimum absolute atomic E-state index is 0.0889. The third-order valence-electron chi connectivity index (χ3n) is 7.48. The van der Waals surface area contributed by atoms with Crippen LogP contribution in [0.5, 0.6) is 0 Å². The first-order valence-corrected chi connectivity index (χ1v) is 11.9. The molecule has 2 fully saturated rings. The lowest BCUT2D eigenvalue weighted by molar-refractivity contribution is -0.927. The smallest absolute Gasteiger partial charge is 0.318 e. The molecule has 0 unspecified atom stereocenters. The van der Waals surface area contributed by atoms with Crippen molar-refractivity contribution in [2.45, 2.75) is 31.0 Å². The average molecular weight is 463 g/mol. The Morgan fingerprint density at radius 3 is 2.06 bits per heavy atom. The molecule has 0 aliphatic carbocycles. The van der Waals surface area contributed by atoms with Crippen molar-refractivity contribution < 1.29 is 18.1 Å². The molecule has 3 aromatic carbocycles. The molecule has 34 heavy (non-hydrogen) atoms. The normalized spacial score (nSPS) is 24.1. The minimum atomic E-state index is -0.999. The van der Waals surface area contributed by atoms with E-state index >= 15 is 0 Å². The van der Waals surface area contributed by atoms with Crippen LogP contribution in [0.3, 0.4) is 0 Å². The van der Waals surface area contributed by atoms with Crippen LogP contribution in [-0.4, -0.2) is 48.1 Å². The summed E-state index contributed by atoms with van der Waals surface area (Å²) in [6.45, 7) is 3.24. The van der Waals surface area contributed by atoms with Gasteiger partial charge in [-0.25, -0.2) is 13.6 Å². The van der Waals surface area contributed by atoms with Gasteiger partial charge in [0.05, 0.1) is 26.7 Å². The Kier molecular flexibility index (Phi) is 5.86. The van der Waals surface area contributed by atoms with Gasteiger partial charge < -0.3 is 14.7 Å². The zero-order chi connectivity index (χ0) is 23.8. The van der Waals surface area contributed by atoms with E-state index in [0.29, 0.717) is 17.7 Å². The van der Waals surface area contributed by atoms with Crippen molar-refractivity contribution in [3.05, 3.63) is 107 Å². The van der Waals surface area contributed by atoms with Crippen molar-refractivity contribution in [3.8, 4) is 0 Å². The van der Waals surface area contributed by atoms with Crippen LogP contribution in [0.2, 0.25) is 0 Å². The van der Waals surface area contributed by atoms with Gasteiger partial charge in [-0.1, -0.05) is 54.6 Å². The molecule has 0 radical (unpaired) electrons. The summed E-state index contributed by atoms with van der Waals surface area (Å²) in [5.74, 6) is -0.764. The Morgan fingerprint density at radius 1 is 0.912 bits per heavy atom. The van der Waals surface area contributed by atoms with Gasteiger partial charge in [-0.05, 0) is 35.4 Å². The van der Waals surface area contributed by atoms with Crippen LogP contribution in [0.4, 0.5) is 13.6 Å². The second-order valence-electron chi connectivity index (χ2n) is 9.93. The van der Waals surface area contributed by atoms with E-state index in [1.807, 2.05) is 11.0 Å². The molecule has 4 nitrogen and oxygen atoms in total. The second kappa shape index (κ2) is 8.84. The summed E-state index contributed by atoms with van der Waals surface area (Å²) in [5.41, 5.74) is 1.56. The predicted molar refractivity (Wildman–Crippen MR) is 128 cm³/mol. The Balaban J connectivity index is 1.39. The number of carbonyl (C=O) groups excluding carboxylic acids is 1. The molecule has 2 saturated heterocycles. The molecule has 6 heteroatoms. The number of amides is 2. The molecular formula is C28H30F2N3O+. The molecule has 2 aliphatic heterocycles. The molecule has 176 valence electrons. The van der Waals surface area contributed by atoms with Crippen LogP contribution in [0, 0.1) is 11.6 Å². The molecule has 0 atom stereocenters. The van der Waals surface area contributed by atoms with Crippen molar-refractivity contribution in [1.29, 1.82) is 0 Å². The van der Waals surface area contributed by atoms with Crippen molar-refractivity contribution in [3.63, 3.8) is 0 Å². The maximum atomic E-state index is 14.2. The van der Waals surface area contributed by atoms with Gasteiger partial charge in [-0.3, -0.25) is 0 Å². The van der Waals surface area contributed by atoms with Gasteiger partial charge in [0.25, 0.3) is 0 Å². The molecular weight excluding hydrogens is 432 g/mol. The lowest BCUT2D eigenvalue weighted by Crippen LogP contribution is -2.54. The van der Waals surface area contributed by atoms with Crippen LogP contribution in [0.25, 0.3) is 0 Å². The van der Waals surface area contributed by atoms with E-state index in [1.165, 1.54) is 29.8 Å². The number of carbonyl (C=O) groups is 1. The summed E-state index contributed by atoms with van der Waals surface area (Å²) < 4.78 is 29.3. The first-order valence-electron chi connectivity index (χ1n) is 11.9. The van der Waals surface area contributed by atoms with E-state index in [2.05, 4.69) is 36.6 Å². The number of urea groups is 1. The molecule has 0 bridgehead atoms. The van der Waals surface area contributed by atoms with Crippen LogP contribution in [0.15, 0.2) is 78.9 Å². The molecule has 2 aliphatic rings. The topological polar surface area (TPSA) is 32.3 Å². The summed E-state index contributed by atoms with van der Waals surface area (Å²) in [7, 11) is 2.27. The highest BCUT2D eigenvalue weighted by atomic mass is 19.1. The van der Waals surface area contributed by atoms with Crippen LogP contribution >= 0.6 is 0 Å². The number of hydrogen-bond acceptors (Lipinski definition) is 1. The molecule has 5 rings (SSSR count). The van der Waals surface area contributed by atoms with Crippen molar-refractivity contribution in [1.82, 2.24) is 10.2 Å². The third-order valence-corrected chi connectivity index (χ3v) is 7.48. The number of nitrogens with zero attached hydrogens (tertiary/aromatic N) is 2. The molecule has 1 N–H and O–H groups in total. The number of quaternary nitrogens is 1. The molecule has 0 spiro atoms. The first kappa shape index (κ1) is 22.5. The predicted octanol–water partition coefficient (Wildman–Crippen LogP) is 5.04. The summed E-state index contributed by atoms with van der Waals surface area (Å²) in [4.78, 5) is 15.2. The fraction of sp³-hybridized carbons (Fsp3) is 0.321. The monoisotopic (exact) mass is 462 g/mol. The summed E-state index contributed by atoms with van der Waals surface area (Å²) >= 11 is 0. The van der Waals surface area contributed by atoms with Gasteiger partial charge in [-0.15, -0.1) is 0 Å². The number of likely N-dealkylation sites (tertiary alicyclic amines) is 1. The quantitative estimate of drug-likeness (QED) is 0.529. The highest BCUT2D eigenvalue weighted by Gasteiger charge is 2.48. The highest BCUT2D eigenvalue weighted by molar-refractivity contribution is 5.80. The zero-order valence-electron chi connectivity index (χ0n) is 19.4. The lowest BCUT2D eigenvalue weighted by atomic mass is 9.83. The standard InChI is InChI=1S/C28H29F2N3O/c1-33(19-21-7-3-2-4-8-21)15-13-26(14-16-33)32-20-28(31-27(32)34,22-9-5-11-24(29)17-22)23-10-6-12-25(30)18-23/h2-12,17-18,26H,13-16,19-20H2,1H3/p+1. The molecule has 3 aromatic rings. The molecule has 2 heterocycles. The Morgan fingerprint density at radius 2 is 1.50 bits per heavy atom. The molecule has 0 aromatic heterocycles. The fourth-order valence-corrected chi connectivity index (χ4v) is 5.59. The Bertz CT molecular complexity index is 1130. The Hall–Kier alpha value is -3.25. The van der Waals surface area contributed by atoms with Gasteiger partial charge in [-0.2, -0.15) is 0 Å². The maximum absolute atomic E-state index is 14.2. The highest BCUT2D eigenvalue weighted by Crippen LogP contribution is 2.38. The summed E-state index contributed by atoms with van der Waals surface area (Å²) in [6, 6.07) is 22.9. The SMILES string of the molecule is C[N+]1(Cc2ccccc2)CCC(N2CC(c3cccc(F)c3)(c3cccc(F)c3)NC2=O)CC1. The van der Waals surface area contributed by atoms with Crippen LogP contribution in [0.1, 0.15) is 29.5 Å². The third kappa shape index (κ3) is 4.30. The molecule has 0 saturated carbocycles. The van der Waals surface area contributed by atoms with E-state index in [0.717, 1.165) is 37.0 Å². The first-order chi connectivity index (χ1) is 16.4. The van der Waals surface area contributed by atoms with Crippen LogP contribution < -0.4 is 5.32 Å². The number of rotatable bonds is 5. The number of piperidine rings is 1. The maximum Gasteiger partial charge on any atom is 0.318 e. The van der Waals surface area contributed by atoms with Crippen molar-refractivity contribution >= 4 is 6.03 Å². The Labute approximate surface area is 199 Å². The second-order valence-corrected chi connectivity index (χ2v) is 9.93. The fourth-order valence-electron chi connectivity index (χ4n) is 5.59. The average Bonchev–Trinajstić information content (AvgIpc) is 3.18. The van der Waals surface area contributed by atoms with Crippen molar-refractivity contribution in [2.75, 3.05) is 26.7 Å². The molecule has 2 amide bonds. The van der Waals surface area contributed by atoms with Gasteiger partial charge in [0.2, 0.25) is 0 Å². The summed E-state index contributed by atoms with van der Waals surface area (Å²) in [6.07, 6.45) is 1.78. The van der Waals surface area contributed by atoms with Gasteiger partial charge in [0.1, 0.15) is 23.7 Å². The number of benzene rings is 3.